The fraction of sp³-hybridized carbons (Fsp3) is 0.600. The number of nitrogens with zero attached hydrogens (tertiary/aromatic N) is 1. The summed E-state index contributed by atoms with van der Waals surface area (Å²) in [6.07, 6.45) is 2.41. The Kier molecular flexibility index (Phi) is 5.64. The molecule has 2 unspecified atom stereocenters. The fourth-order valence-corrected chi connectivity index (χ4v) is 2.61. The van der Waals surface area contributed by atoms with Crippen LogP contribution in [0, 0.1) is 0 Å². The lowest BCUT2D eigenvalue weighted by molar-refractivity contribution is 0.0674. The van der Waals surface area contributed by atoms with Crippen LogP contribution >= 0.6 is 11.6 Å². The first-order chi connectivity index (χ1) is 9.15. The molecule has 0 amide bonds. The summed E-state index contributed by atoms with van der Waals surface area (Å²) in [5, 5.41) is 0.759. The molecule has 2 atom stereocenters. The lowest BCUT2D eigenvalue weighted by atomic mass is 10.0. The molecule has 3 nitrogen and oxygen atoms in total. The number of hydrogen-bond acceptors (Lipinski definition) is 3. The maximum Gasteiger partial charge on any atom is 0.0673 e. The largest absolute Gasteiger partial charge is 0.377 e. The standard InChI is InChI=1S/C15H23ClN2O/c1-12-11-18(8-2-10-19-12)9-7-15(17)13-3-5-14(16)6-4-13/h3-6,12,15H,2,7-11,17H2,1H3. The van der Waals surface area contributed by atoms with Gasteiger partial charge in [-0.1, -0.05) is 23.7 Å². The zero-order valence-corrected chi connectivity index (χ0v) is 12.3. The van der Waals surface area contributed by atoms with E-state index >= 15 is 0 Å². The Morgan fingerprint density at radius 3 is 2.89 bits per heavy atom. The minimum atomic E-state index is 0.0803. The summed E-state index contributed by atoms with van der Waals surface area (Å²) in [5.74, 6) is 0. The molecule has 0 bridgehead atoms. The summed E-state index contributed by atoms with van der Waals surface area (Å²) < 4.78 is 5.65. The van der Waals surface area contributed by atoms with Crippen molar-refractivity contribution >= 4 is 11.6 Å². The number of ether oxygens (including phenoxy) is 1. The van der Waals surface area contributed by atoms with E-state index in [0.717, 1.165) is 49.7 Å². The van der Waals surface area contributed by atoms with Gasteiger partial charge in [0.15, 0.2) is 0 Å². The SMILES string of the molecule is CC1CN(CCC(N)c2ccc(Cl)cc2)CCCO1. The molecule has 1 aliphatic heterocycles. The molecule has 0 aliphatic carbocycles. The molecule has 106 valence electrons. The van der Waals surface area contributed by atoms with Crippen molar-refractivity contribution in [1.29, 1.82) is 0 Å². The molecule has 4 heteroatoms. The molecule has 0 saturated carbocycles. The van der Waals surface area contributed by atoms with Crippen LogP contribution in [0.2, 0.25) is 5.02 Å². The number of nitrogens with two attached hydrogens (primary N) is 1. The topological polar surface area (TPSA) is 38.5 Å². The van der Waals surface area contributed by atoms with Crippen LogP contribution in [0.4, 0.5) is 0 Å². The van der Waals surface area contributed by atoms with Crippen LogP contribution < -0.4 is 5.73 Å². The van der Waals surface area contributed by atoms with Crippen LogP contribution in [0.1, 0.15) is 31.4 Å². The summed E-state index contributed by atoms with van der Waals surface area (Å²) in [6, 6.07) is 7.91. The minimum Gasteiger partial charge on any atom is -0.377 e. The van der Waals surface area contributed by atoms with Gasteiger partial charge >= 0.3 is 0 Å². The van der Waals surface area contributed by atoms with Gasteiger partial charge in [-0.25, -0.2) is 0 Å². The third-order valence-electron chi connectivity index (χ3n) is 3.59. The molecule has 0 spiro atoms. The summed E-state index contributed by atoms with van der Waals surface area (Å²) in [6.45, 7) is 6.15. The van der Waals surface area contributed by atoms with Crippen molar-refractivity contribution in [2.75, 3.05) is 26.2 Å². The van der Waals surface area contributed by atoms with Crippen molar-refractivity contribution in [3.8, 4) is 0 Å². The Labute approximate surface area is 120 Å². The van der Waals surface area contributed by atoms with Crippen LogP contribution in [-0.2, 0) is 4.74 Å². The van der Waals surface area contributed by atoms with Crippen molar-refractivity contribution in [3.63, 3.8) is 0 Å². The number of hydrogen-bond donors (Lipinski definition) is 1. The fourth-order valence-electron chi connectivity index (χ4n) is 2.48. The van der Waals surface area contributed by atoms with Gasteiger partial charge in [0.1, 0.15) is 0 Å². The Morgan fingerprint density at radius 1 is 1.42 bits per heavy atom. The molecule has 1 saturated heterocycles. The Bertz CT molecular complexity index is 382. The molecule has 2 rings (SSSR count). The van der Waals surface area contributed by atoms with Crippen LogP contribution in [-0.4, -0.2) is 37.2 Å². The van der Waals surface area contributed by atoms with E-state index in [-0.39, 0.29) is 6.04 Å². The molecular weight excluding hydrogens is 260 g/mol. The third kappa shape index (κ3) is 4.77. The van der Waals surface area contributed by atoms with Crippen LogP contribution in [0.15, 0.2) is 24.3 Å². The molecule has 1 fully saturated rings. The first-order valence-electron chi connectivity index (χ1n) is 7.00. The second kappa shape index (κ2) is 7.25. The first-order valence-corrected chi connectivity index (χ1v) is 7.38. The van der Waals surface area contributed by atoms with E-state index in [0.29, 0.717) is 6.10 Å². The highest BCUT2D eigenvalue weighted by atomic mass is 35.5. The van der Waals surface area contributed by atoms with E-state index in [1.165, 1.54) is 0 Å². The van der Waals surface area contributed by atoms with Gasteiger partial charge in [0, 0.05) is 37.3 Å². The normalized spacial score (nSPS) is 23.0. The van der Waals surface area contributed by atoms with Crippen molar-refractivity contribution in [2.24, 2.45) is 5.73 Å². The van der Waals surface area contributed by atoms with Crippen LogP contribution in [0.25, 0.3) is 0 Å². The predicted molar refractivity (Wildman–Crippen MR) is 79.5 cm³/mol. The second-order valence-electron chi connectivity index (χ2n) is 5.28. The van der Waals surface area contributed by atoms with Gasteiger partial charge in [0.2, 0.25) is 0 Å². The van der Waals surface area contributed by atoms with Gasteiger partial charge in [0.05, 0.1) is 6.10 Å². The van der Waals surface area contributed by atoms with E-state index < -0.39 is 0 Å². The second-order valence-corrected chi connectivity index (χ2v) is 5.72. The van der Waals surface area contributed by atoms with Crippen molar-refractivity contribution in [1.82, 2.24) is 4.90 Å². The van der Waals surface area contributed by atoms with E-state index in [4.69, 9.17) is 22.1 Å². The molecule has 1 aromatic rings. The van der Waals surface area contributed by atoms with Crippen molar-refractivity contribution < 1.29 is 4.74 Å². The van der Waals surface area contributed by atoms with Gasteiger partial charge < -0.3 is 15.4 Å². The summed E-state index contributed by atoms with van der Waals surface area (Å²) in [5.41, 5.74) is 7.39. The molecule has 1 aliphatic rings. The Hall–Kier alpha value is -0.610. The third-order valence-corrected chi connectivity index (χ3v) is 3.84. The van der Waals surface area contributed by atoms with Crippen LogP contribution in [0.5, 0.6) is 0 Å². The van der Waals surface area contributed by atoms with Crippen LogP contribution in [0.3, 0.4) is 0 Å². The minimum absolute atomic E-state index is 0.0803. The van der Waals surface area contributed by atoms with E-state index in [2.05, 4.69) is 11.8 Å². The highest BCUT2D eigenvalue weighted by Gasteiger charge is 2.16. The highest BCUT2D eigenvalue weighted by molar-refractivity contribution is 6.30. The molecular formula is C15H23ClN2O. The smallest absolute Gasteiger partial charge is 0.0673 e. The number of benzene rings is 1. The van der Waals surface area contributed by atoms with E-state index in [9.17, 15) is 0 Å². The molecule has 1 aromatic carbocycles. The predicted octanol–water partition coefficient (Wildman–Crippen LogP) is 2.84. The van der Waals surface area contributed by atoms with Gasteiger partial charge in [-0.2, -0.15) is 0 Å². The van der Waals surface area contributed by atoms with Gasteiger partial charge in [-0.05, 0) is 37.5 Å². The Morgan fingerprint density at radius 2 is 2.16 bits per heavy atom. The van der Waals surface area contributed by atoms with E-state index in [1.807, 2.05) is 24.3 Å². The lowest BCUT2D eigenvalue weighted by Crippen LogP contribution is -2.32. The van der Waals surface area contributed by atoms with E-state index in [1.54, 1.807) is 0 Å². The zero-order valence-electron chi connectivity index (χ0n) is 11.5. The molecule has 1 heterocycles. The quantitative estimate of drug-likeness (QED) is 0.923. The van der Waals surface area contributed by atoms with Crippen molar-refractivity contribution in [3.05, 3.63) is 34.9 Å². The summed E-state index contributed by atoms with van der Waals surface area (Å²) in [4.78, 5) is 2.45. The molecule has 0 radical (unpaired) electrons. The van der Waals surface area contributed by atoms with Gasteiger partial charge in [-0.15, -0.1) is 0 Å². The summed E-state index contributed by atoms with van der Waals surface area (Å²) in [7, 11) is 0. The van der Waals surface area contributed by atoms with Gasteiger partial charge in [0.25, 0.3) is 0 Å². The average Bonchev–Trinajstić information content (AvgIpc) is 2.61. The zero-order chi connectivity index (χ0) is 13.7. The lowest BCUT2D eigenvalue weighted by Gasteiger charge is -2.23. The molecule has 2 N–H and O–H groups in total. The number of rotatable bonds is 4. The first kappa shape index (κ1) is 14.8. The maximum absolute atomic E-state index is 6.23. The monoisotopic (exact) mass is 282 g/mol. The van der Waals surface area contributed by atoms with Crippen molar-refractivity contribution in [2.45, 2.75) is 31.9 Å². The van der Waals surface area contributed by atoms with Gasteiger partial charge in [-0.3, -0.25) is 0 Å². The Balaban J connectivity index is 1.82. The average molecular weight is 283 g/mol. The summed E-state index contributed by atoms with van der Waals surface area (Å²) >= 11 is 5.89. The number of halogens is 1. The maximum atomic E-state index is 6.23. The highest BCUT2D eigenvalue weighted by Crippen LogP contribution is 2.18. The molecule has 0 aromatic heterocycles. The molecule has 19 heavy (non-hydrogen) atoms.